The van der Waals surface area contributed by atoms with Gasteiger partial charge in [-0.05, 0) is 73.1 Å². The maximum atomic E-state index is 14.0. The van der Waals surface area contributed by atoms with Crippen LogP contribution >= 0.6 is 0 Å². The van der Waals surface area contributed by atoms with Crippen LogP contribution in [0.15, 0.2) is 72.8 Å². The lowest BCUT2D eigenvalue weighted by Crippen LogP contribution is -2.51. The van der Waals surface area contributed by atoms with Crippen LogP contribution in [0.5, 0.6) is 0 Å². The highest BCUT2D eigenvalue weighted by molar-refractivity contribution is 7.92. The Morgan fingerprint density at radius 2 is 1.52 bits per heavy atom. The largest absolute Gasteiger partial charge is 0.354 e. The third-order valence-corrected chi connectivity index (χ3v) is 8.68. The van der Waals surface area contributed by atoms with Gasteiger partial charge in [0, 0.05) is 32.5 Å². The molecule has 0 heterocycles. The van der Waals surface area contributed by atoms with Crippen LogP contribution in [0.2, 0.25) is 0 Å². The van der Waals surface area contributed by atoms with Gasteiger partial charge in [-0.3, -0.25) is 13.9 Å². The van der Waals surface area contributed by atoms with Crippen molar-refractivity contribution in [2.75, 3.05) is 23.7 Å². The predicted molar refractivity (Wildman–Crippen MR) is 171 cm³/mol. The van der Waals surface area contributed by atoms with Crippen LogP contribution in [0, 0.1) is 26.7 Å². The van der Waals surface area contributed by atoms with Gasteiger partial charge >= 0.3 is 0 Å². The van der Waals surface area contributed by atoms with Gasteiger partial charge in [-0.25, -0.2) is 8.42 Å². The van der Waals surface area contributed by atoms with Gasteiger partial charge in [-0.15, -0.1) is 0 Å². The molecule has 7 nitrogen and oxygen atoms in total. The molecule has 0 radical (unpaired) electrons. The number of nitrogens with one attached hydrogen (secondary N) is 1. The molecule has 3 rings (SSSR count). The van der Waals surface area contributed by atoms with Crippen molar-refractivity contribution in [3.63, 3.8) is 0 Å². The Hall–Kier alpha value is -3.65. The molecule has 3 aromatic carbocycles. The SMILES string of the molecule is Cc1ccc(N(CCCC(=O)N(Cc2ccccc2C)C(Cc2ccccc2)C(=O)NCC(C)C)S(C)(=O)=O)cc1C. The van der Waals surface area contributed by atoms with E-state index in [1.807, 2.05) is 101 Å². The predicted octanol–water partition coefficient (Wildman–Crippen LogP) is 5.57. The molecule has 1 atom stereocenters. The Kier molecular flexibility index (Phi) is 11.7. The van der Waals surface area contributed by atoms with E-state index in [4.69, 9.17) is 0 Å². The number of nitrogens with zero attached hydrogens (tertiary/aromatic N) is 2. The van der Waals surface area contributed by atoms with E-state index in [-0.39, 0.29) is 37.2 Å². The number of amides is 2. The quantitative estimate of drug-likeness (QED) is 0.266. The van der Waals surface area contributed by atoms with E-state index >= 15 is 0 Å². The second kappa shape index (κ2) is 15.0. The number of sulfonamides is 1. The number of anilines is 1. The molecule has 1 unspecified atom stereocenters. The second-order valence-corrected chi connectivity index (χ2v) is 13.4. The van der Waals surface area contributed by atoms with E-state index in [0.29, 0.717) is 25.1 Å². The van der Waals surface area contributed by atoms with Gasteiger partial charge in [-0.1, -0.05) is 74.5 Å². The highest BCUT2D eigenvalue weighted by Crippen LogP contribution is 2.23. The molecular formula is C34H45N3O4S. The van der Waals surface area contributed by atoms with E-state index in [1.165, 1.54) is 10.6 Å². The first kappa shape index (κ1) is 32.9. The smallest absolute Gasteiger partial charge is 0.243 e. The van der Waals surface area contributed by atoms with E-state index in [2.05, 4.69) is 5.32 Å². The Morgan fingerprint density at radius 1 is 0.857 bits per heavy atom. The number of carbonyl (C=O) groups is 2. The Labute approximate surface area is 252 Å². The average molecular weight is 592 g/mol. The molecule has 226 valence electrons. The molecule has 3 aromatic rings. The summed E-state index contributed by atoms with van der Waals surface area (Å²) in [6, 6.07) is 22.4. The summed E-state index contributed by atoms with van der Waals surface area (Å²) in [4.78, 5) is 29.3. The van der Waals surface area contributed by atoms with E-state index in [9.17, 15) is 18.0 Å². The zero-order chi connectivity index (χ0) is 30.9. The summed E-state index contributed by atoms with van der Waals surface area (Å²) in [5.41, 5.74) is 5.62. The Morgan fingerprint density at radius 3 is 2.14 bits per heavy atom. The molecule has 0 spiro atoms. The topological polar surface area (TPSA) is 86.8 Å². The third-order valence-electron chi connectivity index (χ3n) is 7.49. The minimum atomic E-state index is -3.56. The molecule has 0 aromatic heterocycles. The molecular weight excluding hydrogens is 546 g/mol. The maximum absolute atomic E-state index is 14.0. The van der Waals surface area contributed by atoms with Crippen LogP contribution in [0.1, 0.15) is 54.5 Å². The fourth-order valence-electron chi connectivity index (χ4n) is 4.83. The van der Waals surface area contributed by atoms with Crippen molar-refractivity contribution in [1.82, 2.24) is 10.2 Å². The summed E-state index contributed by atoms with van der Waals surface area (Å²) in [6.45, 7) is 10.9. The minimum absolute atomic E-state index is 0.103. The van der Waals surface area contributed by atoms with Gasteiger partial charge in [0.1, 0.15) is 6.04 Å². The fourth-order valence-corrected chi connectivity index (χ4v) is 5.79. The van der Waals surface area contributed by atoms with Gasteiger partial charge in [0.25, 0.3) is 0 Å². The maximum Gasteiger partial charge on any atom is 0.243 e. The van der Waals surface area contributed by atoms with Crippen LogP contribution in [-0.2, 0) is 32.6 Å². The number of benzene rings is 3. The number of carbonyl (C=O) groups excluding carboxylic acids is 2. The van der Waals surface area contributed by atoms with Crippen LogP contribution in [0.25, 0.3) is 0 Å². The van der Waals surface area contributed by atoms with E-state index in [0.717, 1.165) is 27.8 Å². The highest BCUT2D eigenvalue weighted by atomic mass is 32.2. The summed E-state index contributed by atoms with van der Waals surface area (Å²) in [5, 5.41) is 3.04. The van der Waals surface area contributed by atoms with Crippen molar-refractivity contribution in [2.45, 2.75) is 66.5 Å². The Balaban J connectivity index is 1.89. The standard InChI is InChI=1S/C34H45N3O4S/c1-25(2)23-35-34(39)32(22-29-14-8-7-9-15-29)36(24-30-16-11-10-13-27(30)4)33(38)17-12-20-37(42(6,40)41)31-19-18-26(3)28(5)21-31/h7-11,13-16,18-19,21,25,32H,12,17,20,22-24H2,1-6H3,(H,35,39). The number of aryl methyl sites for hydroxylation is 3. The molecule has 42 heavy (non-hydrogen) atoms. The van der Waals surface area contributed by atoms with Gasteiger partial charge in [-0.2, -0.15) is 0 Å². The van der Waals surface area contributed by atoms with Gasteiger partial charge in [0.05, 0.1) is 11.9 Å². The van der Waals surface area contributed by atoms with Crippen LogP contribution < -0.4 is 9.62 Å². The number of hydrogen-bond donors (Lipinski definition) is 1. The summed E-state index contributed by atoms with van der Waals surface area (Å²) in [6.07, 6.45) is 1.98. The van der Waals surface area contributed by atoms with E-state index in [1.54, 1.807) is 11.0 Å². The van der Waals surface area contributed by atoms with Crippen molar-refractivity contribution in [3.8, 4) is 0 Å². The van der Waals surface area contributed by atoms with Crippen LogP contribution in [-0.4, -0.2) is 50.5 Å². The van der Waals surface area contributed by atoms with Crippen molar-refractivity contribution in [2.24, 2.45) is 5.92 Å². The van der Waals surface area contributed by atoms with Crippen molar-refractivity contribution >= 4 is 27.5 Å². The average Bonchev–Trinajstić information content (AvgIpc) is 2.94. The van der Waals surface area contributed by atoms with Gasteiger partial charge < -0.3 is 10.2 Å². The summed E-state index contributed by atoms with van der Waals surface area (Å²) >= 11 is 0. The lowest BCUT2D eigenvalue weighted by Gasteiger charge is -2.32. The van der Waals surface area contributed by atoms with E-state index < -0.39 is 16.1 Å². The minimum Gasteiger partial charge on any atom is -0.354 e. The number of hydrogen-bond acceptors (Lipinski definition) is 4. The normalized spacial score (nSPS) is 12.2. The first-order valence-electron chi connectivity index (χ1n) is 14.6. The summed E-state index contributed by atoms with van der Waals surface area (Å²) in [7, 11) is -3.56. The zero-order valence-electron chi connectivity index (χ0n) is 25.8. The fraction of sp³-hybridized carbons (Fsp3) is 0.412. The van der Waals surface area contributed by atoms with Gasteiger partial charge in [0.15, 0.2) is 0 Å². The molecule has 1 N–H and O–H groups in total. The molecule has 0 aliphatic rings. The van der Waals surface area contributed by atoms with Gasteiger partial charge in [0.2, 0.25) is 21.8 Å². The lowest BCUT2D eigenvalue weighted by molar-refractivity contribution is -0.141. The molecule has 0 saturated carbocycles. The molecule has 0 aliphatic heterocycles. The highest BCUT2D eigenvalue weighted by Gasteiger charge is 2.31. The number of rotatable bonds is 14. The van der Waals surface area contributed by atoms with Crippen molar-refractivity contribution < 1.29 is 18.0 Å². The first-order valence-corrected chi connectivity index (χ1v) is 16.4. The first-order chi connectivity index (χ1) is 19.9. The summed E-state index contributed by atoms with van der Waals surface area (Å²) < 4.78 is 26.8. The lowest BCUT2D eigenvalue weighted by atomic mass is 10.0. The monoisotopic (exact) mass is 591 g/mol. The molecule has 2 amide bonds. The van der Waals surface area contributed by atoms with Crippen molar-refractivity contribution in [3.05, 3.63) is 101 Å². The zero-order valence-corrected chi connectivity index (χ0v) is 26.6. The summed E-state index contributed by atoms with van der Waals surface area (Å²) in [5.74, 6) is -0.117. The molecule has 8 heteroatoms. The second-order valence-electron chi connectivity index (χ2n) is 11.5. The van der Waals surface area contributed by atoms with Crippen molar-refractivity contribution in [1.29, 1.82) is 0 Å². The molecule has 0 saturated heterocycles. The van der Waals surface area contributed by atoms with Crippen LogP contribution in [0.3, 0.4) is 0 Å². The third kappa shape index (κ3) is 9.44. The van der Waals surface area contributed by atoms with Crippen LogP contribution in [0.4, 0.5) is 5.69 Å². The molecule has 0 aliphatic carbocycles. The Bertz CT molecular complexity index is 1450. The molecule has 0 fully saturated rings. The molecule has 0 bridgehead atoms.